The fourth-order valence-electron chi connectivity index (χ4n) is 3.37. The number of ketones is 1. The van der Waals surface area contributed by atoms with Gasteiger partial charge in [-0.2, -0.15) is 0 Å². The molecule has 0 spiro atoms. The summed E-state index contributed by atoms with van der Waals surface area (Å²) in [5.74, 6) is -0.930. The van der Waals surface area contributed by atoms with Crippen molar-refractivity contribution in [2.24, 2.45) is 11.8 Å². The highest BCUT2D eigenvalue weighted by atomic mass is 19.1. The van der Waals surface area contributed by atoms with Crippen LogP contribution in [0.15, 0.2) is 42.5 Å². The predicted molar refractivity (Wildman–Crippen MR) is 107 cm³/mol. The van der Waals surface area contributed by atoms with Crippen LogP contribution in [-0.2, 0) is 14.3 Å². The number of rotatable bonds is 9. The maximum atomic E-state index is 13.0. The van der Waals surface area contributed by atoms with E-state index in [4.69, 9.17) is 4.74 Å². The summed E-state index contributed by atoms with van der Waals surface area (Å²) in [5, 5.41) is 10.2. The van der Waals surface area contributed by atoms with Gasteiger partial charge >= 0.3 is 5.97 Å². The molecule has 4 nitrogen and oxygen atoms in total. The van der Waals surface area contributed by atoms with Gasteiger partial charge in [0, 0.05) is 24.7 Å². The molecular formula is C23H29FO4. The minimum atomic E-state index is -0.687. The second-order valence-electron chi connectivity index (χ2n) is 7.47. The van der Waals surface area contributed by atoms with Crippen LogP contribution in [0, 0.1) is 17.7 Å². The molecule has 0 unspecified atom stereocenters. The first kappa shape index (κ1) is 22.0. The molecule has 3 atom stereocenters. The molecule has 1 fully saturated rings. The van der Waals surface area contributed by atoms with Crippen LogP contribution in [-0.4, -0.2) is 29.1 Å². The van der Waals surface area contributed by atoms with Crippen molar-refractivity contribution in [1.29, 1.82) is 0 Å². The molecular weight excluding hydrogens is 359 g/mol. The fraction of sp³-hybridized carbons (Fsp3) is 0.478. The van der Waals surface area contributed by atoms with Gasteiger partial charge in [-0.3, -0.25) is 9.59 Å². The number of ether oxygens (including phenoxy) is 1. The summed E-state index contributed by atoms with van der Waals surface area (Å²) in [7, 11) is 0. The number of carbonyl (C=O) groups is 2. The highest BCUT2D eigenvalue weighted by molar-refractivity contribution is 5.85. The normalized spacial score (nSPS) is 22.6. The zero-order valence-electron chi connectivity index (χ0n) is 16.5. The molecule has 0 aliphatic heterocycles. The number of hydrogen-bond acceptors (Lipinski definition) is 4. The van der Waals surface area contributed by atoms with Crippen molar-refractivity contribution < 1.29 is 23.8 Å². The summed E-state index contributed by atoms with van der Waals surface area (Å²) in [5.41, 5.74) is 0.829. The SMILES string of the molecule is CC(C)OC(=O)CCC/C=C\C[C@H]1C(=O)C[C@@H](O)[C@@H]1/C=C/c1ccc(F)cc1. The lowest BCUT2D eigenvalue weighted by Gasteiger charge is -2.15. The van der Waals surface area contributed by atoms with E-state index in [9.17, 15) is 19.1 Å². The highest BCUT2D eigenvalue weighted by Crippen LogP contribution is 2.33. The number of aliphatic hydroxyl groups excluding tert-OH is 1. The van der Waals surface area contributed by atoms with E-state index in [1.807, 2.05) is 38.2 Å². The molecule has 1 aliphatic carbocycles. The Morgan fingerprint density at radius 3 is 2.68 bits per heavy atom. The predicted octanol–water partition coefficient (Wildman–Crippen LogP) is 4.47. The number of hydrogen-bond donors (Lipinski definition) is 1. The zero-order chi connectivity index (χ0) is 20.5. The Kier molecular flexibility index (Phi) is 8.58. The number of carbonyl (C=O) groups excluding carboxylic acids is 2. The minimum Gasteiger partial charge on any atom is -0.463 e. The average Bonchev–Trinajstić information content (AvgIpc) is 2.90. The molecule has 28 heavy (non-hydrogen) atoms. The van der Waals surface area contributed by atoms with E-state index >= 15 is 0 Å². The van der Waals surface area contributed by atoms with E-state index in [0.717, 1.165) is 12.0 Å². The number of Topliss-reactive ketones (excluding diaryl/α,β-unsaturated/α-hetero) is 1. The molecule has 1 saturated carbocycles. The third kappa shape index (κ3) is 7.04. The van der Waals surface area contributed by atoms with Crippen molar-refractivity contribution >= 4 is 17.8 Å². The molecule has 0 heterocycles. The molecule has 0 amide bonds. The quantitative estimate of drug-likeness (QED) is 0.385. The lowest BCUT2D eigenvalue weighted by atomic mass is 9.90. The van der Waals surface area contributed by atoms with Crippen LogP contribution in [0.3, 0.4) is 0 Å². The van der Waals surface area contributed by atoms with Gasteiger partial charge in [0.25, 0.3) is 0 Å². The first-order valence-electron chi connectivity index (χ1n) is 9.86. The summed E-state index contributed by atoms with van der Waals surface area (Å²) in [6.45, 7) is 3.65. The van der Waals surface area contributed by atoms with E-state index in [1.165, 1.54) is 12.1 Å². The summed E-state index contributed by atoms with van der Waals surface area (Å²) >= 11 is 0. The zero-order valence-corrected chi connectivity index (χ0v) is 16.5. The largest absolute Gasteiger partial charge is 0.463 e. The van der Waals surface area contributed by atoms with Crippen molar-refractivity contribution in [2.45, 2.75) is 58.2 Å². The Bertz CT molecular complexity index is 706. The van der Waals surface area contributed by atoms with Gasteiger partial charge in [0.2, 0.25) is 0 Å². The molecule has 1 aromatic rings. The van der Waals surface area contributed by atoms with Gasteiger partial charge in [-0.05, 0) is 50.8 Å². The van der Waals surface area contributed by atoms with E-state index in [0.29, 0.717) is 19.3 Å². The summed E-state index contributed by atoms with van der Waals surface area (Å²) < 4.78 is 18.1. The highest BCUT2D eigenvalue weighted by Gasteiger charge is 2.39. The van der Waals surface area contributed by atoms with Crippen molar-refractivity contribution in [3.8, 4) is 0 Å². The van der Waals surface area contributed by atoms with E-state index in [1.54, 1.807) is 12.1 Å². The van der Waals surface area contributed by atoms with E-state index in [2.05, 4.69) is 0 Å². The number of halogens is 1. The molecule has 1 aromatic carbocycles. The van der Waals surface area contributed by atoms with E-state index < -0.39 is 6.10 Å². The van der Waals surface area contributed by atoms with Crippen molar-refractivity contribution in [3.63, 3.8) is 0 Å². The number of esters is 1. The third-order valence-electron chi connectivity index (χ3n) is 4.79. The standard InChI is InChI=1S/C23H29FO4/c1-16(2)28-23(27)8-6-4-3-5-7-19-20(22(26)15-21(19)25)14-11-17-9-12-18(24)13-10-17/h3,5,9-14,16,19-20,22,26H,4,6-8,15H2,1-2H3/b5-3-,14-11+/t19-,20-,22-/m1/s1. The Hall–Kier alpha value is -2.27. The van der Waals surface area contributed by atoms with Crippen LogP contribution in [0.1, 0.15) is 51.5 Å². The van der Waals surface area contributed by atoms with E-state index in [-0.39, 0.29) is 41.9 Å². The molecule has 1 aliphatic rings. The maximum Gasteiger partial charge on any atom is 0.306 e. The van der Waals surface area contributed by atoms with Gasteiger partial charge < -0.3 is 9.84 Å². The molecule has 152 valence electrons. The third-order valence-corrected chi connectivity index (χ3v) is 4.79. The second kappa shape index (κ2) is 10.9. The summed E-state index contributed by atoms with van der Waals surface area (Å²) in [6, 6.07) is 6.09. The number of aliphatic hydroxyl groups is 1. The topological polar surface area (TPSA) is 63.6 Å². The molecule has 0 bridgehead atoms. The van der Waals surface area contributed by atoms with Crippen LogP contribution in [0.5, 0.6) is 0 Å². The average molecular weight is 388 g/mol. The first-order chi connectivity index (χ1) is 13.4. The number of allylic oxidation sites excluding steroid dienone is 2. The Morgan fingerprint density at radius 2 is 2.00 bits per heavy atom. The molecule has 2 rings (SSSR count). The molecule has 0 aromatic heterocycles. The number of unbranched alkanes of at least 4 members (excludes halogenated alkanes) is 1. The maximum absolute atomic E-state index is 13.0. The summed E-state index contributed by atoms with van der Waals surface area (Å²) in [4.78, 5) is 23.7. The minimum absolute atomic E-state index is 0.0615. The number of benzene rings is 1. The van der Waals surface area contributed by atoms with Gasteiger partial charge in [-0.1, -0.05) is 36.4 Å². The fourth-order valence-corrected chi connectivity index (χ4v) is 3.37. The Labute approximate surface area is 166 Å². The van der Waals surface area contributed by atoms with Gasteiger partial charge in [0.1, 0.15) is 11.6 Å². The van der Waals surface area contributed by atoms with Gasteiger partial charge in [0.05, 0.1) is 12.2 Å². The van der Waals surface area contributed by atoms with Crippen LogP contribution < -0.4 is 0 Å². The monoisotopic (exact) mass is 388 g/mol. The Balaban J connectivity index is 1.83. The van der Waals surface area contributed by atoms with Gasteiger partial charge in [0.15, 0.2) is 0 Å². The van der Waals surface area contributed by atoms with Crippen molar-refractivity contribution in [1.82, 2.24) is 0 Å². The van der Waals surface area contributed by atoms with Crippen LogP contribution in [0.25, 0.3) is 6.08 Å². The molecule has 1 N–H and O–H groups in total. The second-order valence-corrected chi connectivity index (χ2v) is 7.47. The Morgan fingerprint density at radius 1 is 1.29 bits per heavy atom. The lowest BCUT2D eigenvalue weighted by Crippen LogP contribution is -2.17. The van der Waals surface area contributed by atoms with Crippen LogP contribution >= 0.6 is 0 Å². The smallest absolute Gasteiger partial charge is 0.306 e. The molecule has 0 saturated heterocycles. The van der Waals surface area contributed by atoms with Crippen molar-refractivity contribution in [3.05, 3.63) is 53.9 Å². The van der Waals surface area contributed by atoms with Crippen LogP contribution in [0.4, 0.5) is 4.39 Å². The van der Waals surface area contributed by atoms with Gasteiger partial charge in [-0.25, -0.2) is 4.39 Å². The summed E-state index contributed by atoms with van der Waals surface area (Å²) in [6.07, 6.45) is 9.37. The first-order valence-corrected chi connectivity index (χ1v) is 9.86. The molecule has 0 radical (unpaired) electrons. The molecule has 5 heteroatoms. The van der Waals surface area contributed by atoms with Gasteiger partial charge in [-0.15, -0.1) is 0 Å². The van der Waals surface area contributed by atoms with Crippen LogP contribution in [0.2, 0.25) is 0 Å². The van der Waals surface area contributed by atoms with Crippen molar-refractivity contribution in [2.75, 3.05) is 0 Å². The lowest BCUT2D eigenvalue weighted by molar-refractivity contribution is -0.147.